The molecule has 4 N–H and O–H groups in total. The summed E-state index contributed by atoms with van der Waals surface area (Å²) in [5, 5.41) is 10.2. The molecular formula is C17H21FN4O3. The quantitative estimate of drug-likeness (QED) is 0.625. The molecule has 1 aliphatic heterocycles. The van der Waals surface area contributed by atoms with E-state index >= 15 is 0 Å². The van der Waals surface area contributed by atoms with Crippen molar-refractivity contribution in [3.05, 3.63) is 29.6 Å². The van der Waals surface area contributed by atoms with Crippen molar-refractivity contribution in [3.63, 3.8) is 0 Å². The highest BCUT2D eigenvalue weighted by Crippen LogP contribution is 2.37. The number of hydrogen-bond donors (Lipinski definition) is 4. The van der Waals surface area contributed by atoms with Gasteiger partial charge in [0.2, 0.25) is 0 Å². The number of imide groups is 1. The first-order valence-corrected chi connectivity index (χ1v) is 8.41. The van der Waals surface area contributed by atoms with Crippen LogP contribution in [0.4, 0.5) is 19.7 Å². The molecule has 0 unspecified atom stereocenters. The van der Waals surface area contributed by atoms with Gasteiger partial charge >= 0.3 is 12.1 Å². The van der Waals surface area contributed by atoms with Gasteiger partial charge in [-0.1, -0.05) is 19.4 Å². The first-order chi connectivity index (χ1) is 11.9. The summed E-state index contributed by atoms with van der Waals surface area (Å²) in [4.78, 5) is 35.6. The van der Waals surface area contributed by atoms with Crippen molar-refractivity contribution in [1.82, 2.24) is 16.0 Å². The van der Waals surface area contributed by atoms with E-state index in [0.29, 0.717) is 24.1 Å². The fourth-order valence-corrected chi connectivity index (χ4v) is 3.63. The number of benzene rings is 1. The molecule has 0 radical (unpaired) electrons. The van der Waals surface area contributed by atoms with Crippen LogP contribution in [0, 0.1) is 11.7 Å². The molecule has 0 aromatic heterocycles. The van der Waals surface area contributed by atoms with E-state index in [1.165, 1.54) is 6.07 Å². The predicted octanol–water partition coefficient (Wildman–Crippen LogP) is 1.89. The molecule has 2 fully saturated rings. The highest BCUT2D eigenvalue weighted by molar-refractivity contribution is 6.07. The zero-order chi connectivity index (χ0) is 18.0. The minimum Gasteiger partial charge on any atom is -0.337 e. The van der Waals surface area contributed by atoms with Gasteiger partial charge in [-0.3, -0.25) is 10.1 Å². The van der Waals surface area contributed by atoms with Gasteiger partial charge in [0.25, 0.3) is 5.91 Å². The third-order valence-electron chi connectivity index (χ3n) is 4.99. The monoisotopic (exact) mass is 348 g/mol. The third kappa shape index (κ3) is 3.29. The first kappa shape index (κ1) is 17.2. The molecule has 1 saturated carbocycles. The number of anilines is 1. The lowest BCUT2D eigenvalue weighted by molar-refractivity contribution is -0.125. The fraction of sp³-hybridized carbons (Fsp3) is 0.471. The van der Waals surface area contributed by atoms with Crippen LogP contribution in [0.5, 0.6) is 0 Å². The average molecular weight is 348 g/mol. The smallest absolute Gasteiger partial charge is 0.322 e. The Morgan fingerprint density at radius 3 is 2.84 bits per heavy atom. The summed E-state index contributed by atoms with van der Waals surface area (Å²) in [5.74, 6) is -0.872. The van der Waals surface area contributed by atoms with Gasteiger partial charge in [-0.15, -0.1) is 0 Å². The van der Waals surface area contributed by atoms with Gasteiger partial charge in [0.15, 0.2) is 0 Å². The van der Waals surface area contributed by atoms with Crippen LogP contribution in [0.15, 0.2) is 18.2 Å². The molecule has 1 saturated heterocycles. The number of carbonyl (C=O) groups is 3. The number of aryl methyl sites for hydroxylation is 1. The van der Waals surface area contributed by atoms with Crippen LogP contribution in [-0.4, -0.2) is 30.1 Å². The van der Waals surface area contributed by atoms with E-state index in [1.807, 2.05) is 6.92 Å². The van der Waals surface area contributed by atoms with Crippen molar-refractivity contribution >= 4 is 23.7 Å². The van der Waals surface area contributed by atoms with Crippen molar-refractivity contribution in [2.24, 2.45) is 5.92 Å². The Morgan fingerprint density at radius 1 is 1.40 bits per heavy atom. The molecule has 1 aliphatic carbocycles. The van der Waals surface area contributed by atoms with E-state index in [1.54, 1.807) is 12.1 Å². The SMILES string of the molecule is CCc1ccc(NC(=O)NC[C@H]2CCC[C@]23NC(=O)NC3=O)cc1F. The number of urea groups is 2. The van der Waals surface area contributed by atoms with Crippen LogP contribution in [0.1, 0.15) is 31.7 Å². The fourth-order valence-electron chi connectivity index (χ4n) is 3.63. The molecule has 8 heteroatoms. The second-order valence-corrected chi connectivity index (χ2v) is 6.46. The van der Waals surface area contributed by atoms with Gasteiger partial charge in [-0.2, -0.15) is 0 Å². The zero-order valence-corrected chi connectivity index (χ0v) is 13.9. The second kappa shape index (κ2) is 6.70. The Bertz CT molecular complexity index is 724. The highest BCUT2D eigenvalue weighted by atomic mass is 19.1. The van der Waals surface area contributed by atoms with Crippen LogP contribution in [-0.2, 0) is 11.2 Å². The van der Waals surface area contributed by atoms with Crippen molar-refractivity contribution in [2.45, 2.75) is 38.1 Å². The zero-order valence-electron chi connectivity index (χ0n) is 13.9. The van der Waals surface area contributed by atoms with E-state index in [-0.39, 0.29) is 24.2 Å². The first-order valence-electron chi connectivity index (χ1n) is 8.41. The molecule has 2 aliphatic rings. The van der Waals surface area contributed by atoms with Crippen LogP contribution in [0.3, 0.4) is 0 Å². The van der Waals surface area contributed by atoms with Gasteiger partial charge < -0.3 is 16.0 Å². The number of carbonyl (C=O) groups excluding carboxylic acids is 3. The molecule has 2 atom stereocenters. The Kier molecular flexibility index (Phi) is 4.61. The van der Waals surface area contributed by atoms with E-state index in [4.69, 9.17) is 0 Å². The Morgan fingerprint density at radius 2 is 2.20 bits per heavy atom. The summed E-state index contributed by atoms with van der Waals surface area (Å²) < 4.78 is 13.8. The van der Waals surface area contributed by atoms with E-state index in [0.717, 1.165) is 12.8 Å². The molecular weight excluding hydrogens is 327 g/mol. The molecule has 134 valence electrons. The summed E-state index contributed by atoms with van der Waals surface area (Å²) in [7, 11) is 0. The van der Waals surface area contributed by atoms with Crippen LogP contribution in [0.2, 0.25) is 0 Å². The van der Waals surface area contributed by atoms with Crippen molar-refractivity contribution < 1.29 is 18.8 Å². The summed E-state index contributed by atoms with van der Waals surface area (Å²) in [6.07, 6.45) is 2.66. The lowest BCUT2D eigenvalue weighted by Gasteiger charge is -2.28. The molecule has 7 nitrogen and oxygen atoms in total. The summed E-state index contributed by atoms with van der Waals surface area (Å²) >= 11 is 0. The molecule has 1 heterocycles. The van der Waals surface area contributed by atoms with Gasteiger partial charge in [0.1, 0.15) is 11.4 Å². The lowest BCUT2D eigenvalue weighted by Crippen LogP contribution is -2.53. The molecule has 25 heavy (non-hydrogen) atoms. The maximum Gasteiger partial charge on any atom is 0.322 e. The van der Waals surface area contributed by atoms with Crippen molar-refractivity contribution in [3.8, 4) is 0 Å². The number of halogens is 1. The normalized spacial score (nSPS) is 25.0. The van der Waals surface area contributed by atoms with Crippen LogP contribution >= 0.6 is 0 Å². The van der Waals surface area contributed by atoms with E-state index in [2.05, 4.69) is 21.3 Å². The standard InChI is InChI=1S/C17H21FN4O3/c1-2-10-5-6-12(8-13(10)18)20-15(24)19-9-11-4-3-7-17(11)14(23)21-16(25)22-17/h5-6,8,11H,2-4,7,9H2,1H3,(H2,19,20,24)(H2,21,22,23,25)/t11-,17+/m1/s1. The molecule has 1 aromatic carbocycles. The molecule has 1 spiro atoms. The predicted molar refractivity (Wildman–Crippen MR) is 89.5 cm³/mol. The maximum absolute atomic E-state index is 13.8. The number of amides is 5. The van der Waals surface area contributed by atoms with Gasteiger partial charge in [0, 0.05) is 18.2 Å². The minimum absolute atomic E-state index is 0.177. The topological polar surface area (TPSA) is 99.3 Å². The van der Waals surface area contributed by atoms with Crippen LogP contribution < -0.4 is 21.3 Å². The maximum atomic E-state index is 13.8. The number of hydrogen-bond acceptors (Lipinski definition) is 3. The Labute approximate surface area is 144 Å². The summed E-state index contributed by atoms with van der Waals surface area (Å²) in [6.45, 7) is 2.10. The summed E-state index contributed by atoms with van der Waals surface area (Å²) in [5.41, 5.74) is 0.0151. The van der Waals surface area contributed by atoms with Crippen molar-refractivity contribution in [1.29, 1.82) is 0 Å². The van der Waals surface area contributed by atoms with Gasteiger partial charge in [-0.05, 0) is 37.0 Å². The molecule has 3 rings (SSSR count). The van der Waals surface area contributed by atoms with Gasteiger partial charge in [-0.25, -0.2) is 14.0 Å². The minimum atomic E-state index is -0.931. The lowest BCUT2D eigenvalue weighted by atomic mass is 9.87. The van der Waals surface area contributed by atoms with E-state index < -0.39 is 17.6 Å². The third-order valence-corrected chi connectivity index (χ3v) is 4.99. The average Bonchev–Trinajstić information content (AvgIpc) is 3.09. The Hall–Kier alpha value is -2.64. The molecule has 5 amide bonds. The van der Waals surface area contributed by atoms with E-state index in [9.17, 15) is 18.8 Å². The Balaban J connectivity index is 1.58. The number of nitrogens with one attached hydrogen (secondary N) is 4. The second-order valence-electron chi connectivity index (χ2n) is 6.46. The highest BCUT2D eigenvalue weighted by Gasteiger charge is 2.54. The molecule has 1 aromatic rings. The van der Waals surface area contributed by atoms with Gasteiger partial charge in [0.05, 0.1) is 0 Å². The summed E-state index contributed by atoms with van der Waals surface area (Å²) in [6, 6.07) is 3.58. The van der Waals surface area contributed by atoms with Crippen LogP contribution in [0.25, 0.3) is 0 Å². The van der Waals surface area contributed by atoms with Crippen molar-refractivity contribution in [2.75, 3.05) is 11.9 Å². The molecule has 0 bridgehead atoms. The largest absolute Gasteiger partial charge is 0.337 e. The number of rotatable bonds is 4.